The lowest BCUT2D eigenvalue weighted by molar-refractivity contribution is -0.372. The molecule has 0 spiro atoms. The van der Waals surface area contributed by atoms with Crippen LogP contribution in [-0.4, -0.2) is 30.3 Å². The highest BCUT2D eigenvalue weighted by molar-refractivity contribution is 5.90. The fourth-order valence-electron chi connectivity index (χ4n) is 1.79. The van der Waals surface area contributed by atoms with E-state index in [4.69, 9.17) is 0 Å². The van der Waals surface area contributed by atoms with Crippen LogP contribution in [0.1, 0.15) is 26.0 Å². The van der Waals surface area contributed by atoms with Gasteiger partial charge < -0.3 is 4.74 Å². The fourth-order valence-corrected chi connectivity index (χ4v) is 1.79. The molecule has 0 fully saturated rings. The van der Waals surface area contributed by atoms with E-state index in [1.54, 1.807) is 18.3 Å². The Kier molecular flexibility index (Phi) is 5.94. The van der Waals surface area contributed by atoms with Gasteiger partial charge in [-0.2, -0.15) is 13.2 Å². The van der Waals surface area contributed by atoms with Crippen molar-refractivity contribution in [2.75, 3.05) is 11.9 Å². The molecule has 1 amide bonds. The molecule has 0 aliphatic heterocycles. The molecule has 1 aromatic rings. The number of carbonyl (C=O) groups excluding carboxylic acids is 2. The molecular formula is C14H19F3N3O3+. The third-order valence-electron chi connectivity index (χ3n) is 2.92. The number of carbonyl (C=O) groups is 2. The van der Waals surface area contributed by atoms with Gasteiger partial charge in [0.05, 0.1) is 12.3 Å². The largest absolute Gasteiger partial charge is 0.464 e. The van der Waals surface area contributed by atoms with Crippen molar-refractivity contribution in [3.63, 3.8) is 0 Å². The van der Waals surface area contributed by atoms with Crippen molar-refractivity contribution in [2.24, 2.45) is 0 Å². The normalized spacial score (nSPS) is 13.8. The molecule has 0 bridgehead atoms. The summed E-state index contributed by atoms with van der Waals surface area (Å²) in [4.78, 5) is 26.2. The number of H-pyrrole nitrogens is 1. The lowest BCUT2D eigenvalue weighted by Crippen LogP contribution is -2.69. The van der Waals surface area contributed by atoms with Crippen LogP contribution in [0, 0.1) is 6.92 Å². The van der Waals surface area contributed by atoms with Crippen LogP contribution in [0.2, 0.25) is 0 Å². The van der Waals surface area contributed by atoms with Crippen LogP contribution in [0.15, 0.2) is 18.2 Å². The summed E-state index contributed by atoms with van der Waals surface area (Å²) in [7, 11) is 0. The zero-order valence-corrected chi connectivity index (χ0v) is 13.0. The smallest absolute Gasteiger partial charge is 0.461 e. The maximum absolute atomic E-state index is 13.6. The summed E-state index contributed by atoms with van der Waals surface area (Å²) in [6, 6.07) is 4.45. The Balaban J connectivity index is 3.36. The number of rotatable bonds is 6. The number of aryl methyl sites for hydroxylation is 1. The number of aromatic nitrogens is 1. The van der Waals surface area contributed by atoms with Gasteiger partial charge in [0.15, 0.2) is 0 Å². The van der Waals surface area contributed by atoms with E-state index in [1.807, 2.05) is 5.32 Å². The number of aromatic amines is 1. The maximum atomic E-state index is 13.6. The number of nitrogens with one attached hydrogen (secondary N) is 3. The Morgan fingerprint density at radius 2 is 1.91 bits per heavy atom. The van der Waals surface area contributed by atoms with Crippen LogP contribution in [-0.2, 0) is 14.3 Å². The molecule has 3 N–H and O–H groups in total. The van der Waals surface area contributed by atoms with Gasteiger partial charge in [0.1, 0.15) is 0 Å². The Morgan fingerprint density at radius 1 is 1.26 bits per heavy atom. The van der Waals surface area contributed by atoms with Crippen molar-refractivity contribution in [1.82, 2.24) is 5.32 Å². The first-order valence-corrected chi connectivity index (χ1v) is 6.98. The summed E-state index contributed by atoms with van der Waals surface area (Å²) in [6.45, 7) is 4.12. The number of hydrogen-bond acceptors (Lipinski definition) is 4. The highest BCUT2D eigenvalue weighted by atomic mass is 19.4. The van der Waals surface area contributed by atoms with E-state index in [0.717, 1.165) is 0 Å². The Bertz CT molecular complexity index is 578. The van der Waals surface area contributed by atoms with Gasteiger partial charge in [0.25, 0.3) is 5.82 Å². The van der Waals surface area contributed by atoms with E-state index >= 15 is 0 Å². The second-order valence-electron chi connectivity index (χ2n) is 4.74. The molecule has 0 radical (unpaired) electrons. The van der Waals surface area contributed by atoms with E-state index in [0.29, 0.717) is 5.69 Å². The van der Waals surface area contributed by atoms with Gasteiger partial charge in [-0.1, -0.05) is 13.0 Å². The third kappa shape index (κ3) is 4.33. The number of pyridine rings is 1. The molecule has 1 rings (SSSR count). The van der Waals surface area contributed by atoms with Crippen molar-refractivity contribution in [1.29, 1.82) is 0 Å². The second kappa shape index (κ2) is 7.30. The average molecular weight is 334 g/mol. The maximum Gasteiger partial charge on any atom is 0.464 e. The van der Waals surface area contributed by atoms with Crippen LogP contribution < -0.4 is 15.6 Å². The molecule has 128 valence electrons. The first-order chi connectivity index (χ1) is 10.7. The van der Waals surface area contributed by atoms with Crippen LogP contribution in [0.5, 0.6) is 0 Å². The predicted octanol–water partition coefficient (Wildman–Crippen LogP) is 1.57. The minimum absolute atomic E-state index is 0.0909. The lowest BCUT2D eigenvalue weighted by atomic mass is 10.1. The molecule has 1 atom stereocenters. The summed E-state index contributed by atoms with van der Waals surface area (Å²) in [5.41, 5.74) is -2.81. The minimum atomic E-state index is -5.12. The van der Waals surface area contributed by atoms with Gasteiger partial charge in [0.2, 0.25) is 5.91 Å². The number of anilines is 1. The van der Waals surface area contributed by atoms with Crippen molar-refractivity contribution in [3.8, 4) is 0 Å². The summed E-state index contributed by atoms with van der Waals surface area (Å²) >= 11 is 0. The number of esters is 1. The predicted molar refractivity (Wildman–Crippen MR) is 75.2 cm³/mol. The quantitative estimate of drug-likeness (QED) is 0.611. The first kappa shape index (κ1) is 18.7. The Morgan fingerprint density at radius 3 is 2.39 bits per heavy atom. The van der Waals surface area contributed by atoms with E-state index < -0.39 is 23.7 Å². The number of halogens is 3. The molecule has 6 nitrogen and oxygen atoms in total. The first-order valence-electron chi connectivity index (χ1n) is 6.98. The zero-order valence-electron chi connectivity index (χ0n) is 13.0. The zero-order chi connectivity index (χ0) is 17.7. The molecule has 0 aromatic carbocycles. The van der Waals surface area contributed by atoms with Gasteiger partial charge in [-0.15, -0.1) is 0 Å². The van der Waals surface area contributed by atoms with E-state index in [2.05, 4.69) is 9.72 Å². The molecule has 0 saturated heterocycles. The topological polar surface area (TPSA) is 81.6 Å². The van der Waals surface area contributed by atoms with E-state index in [9.17, 15) is 22.8 Å². The molecular weight excluding hydrogens is 315 g/mol. The number of hydrogen-bond donors (Lipinski definition) is 2. The monoisotopic (exact) mass is 334 g/mol. The van der Waals surface area contributed by atoms with E-state index in [-0.39, 0.29) is 18.8 Å². The van der Waals surface area contributed by atoms with Crippen molar-refractivity contribution < 1.29 is 32.5 Å². The van der Waals surface area contributed by atoms with Crippen molar-refractivity contribution in [2.45, 2.75) is 39.0 Å². The fraction of sp³-hybridized carbons (Fsp3) is 0.500. The van der Waals surface area contributed by atoms with Crippen LogP contribution in [0.25, 0.3) is 0 Å². The summed E-state index contributed by atoms with van der Waals surface area (Å²) < 4.78 is 45.5. The van der Waals surface area contributed by atoms with Gasteiger partial charge in [-0.3, -0.25) is 10.1 Å². The molecule has 0 aliphatic rings. The van der Waals surface area contributed by atoms with Crippen LogP contribution >= 0.6 is 0 Å². The van der Waals surface area contributed by atoms with Gasteiger partial charge in [-0.25, -0.2) is 15.1 Å². The Hall–Kier alpha value is -2.32. The molecule has 0 unspecified atom stereocenters. The molecule has 1 heterocycles. The lowest BCUT2D eigenvalue weighted by Gasteiger charge is -2.30. The van der Waals surface area contributed by atoms with Crippen molar-refractivity contribution in [3.05, 3.63) is 23.9 Å². The number of ether oxygens (including phenoxy) is 1. The average Bonchev–Trinajstić information content (AvgIpc) is 2.45. The van der Waals surface area contributed by atoms with Crippen molar-refractivity contribution >= 4 is 17.7 Å². The summed E-state index contributed by atoms with van der Waals surface area (Å²) in [5, 5.41) is 3.74. The standard InChI is InChI=1S/C14H18F3N3O3/c1-4-11(21)20-13(14(15,16)17,12(22)23-5-2)19-10-8-6-7-9(3)18-10/h6-8H,4-5H2,1-3H3,(H,18,19)(H,20,21)/p+1/t13-/m0/s1. The van der Waals surface area contributed by atoms with Crippen LogP contribution in [0.4, 0.5) is 19.0 Å². The molecule has 0 saturated carbocycles. The highest BCUT2D eigenvalue weighted by Crippen LogP contribution is 2.32. The summed E-state index contributed by atoms with van der Waals surface area (Å²) in [6.07, 6.45) is -5.35. The van der Waals surface area contributed by atoms with Gasteiger partial charge in [0, 0.05) is 12.5 Å². The molecule has 0 aliphatic carbocycles. The Labute approximate surface area is 131 Å². The van der Waals surface area contributed by atoms with Crippen LogP contribution in [0.3, 0.4) is 0 Å². The molecule has 23 heavy (non-hydrogen) atoms. The number of amides is 1. The highest BCUT2D eigenvalue weighted by Gasteiger charge is 2.67. The minimum Gasteiger partial charge on any atom is -0.461 e. The van der Waals surface area contributed by atoms with Gasteiger partial charge >= 0.3 is 17.8 Å². The number of alkyl halides is 3. The molecule has 9 heteroatoms. The van der Waals surface area contributed by atoms with Gasteiger partial charge in [-0.05, 0) is 19.9 Å². The summed E-state index contributed by atoms with van der Waals surface area (Å²) in [5.74, 6) is -2.67. The molecule has 1 aromatic heterocycles. The van der Waals surface area contributed by atoms with E-state index in [1.165, 1.54) is 26.0 Å². The third-order valence-corrected chi connectivity index (χ3v) is 2.92. The second-order valence-corrected chi connectivity index (χ2v) is 4.74. The SMILES string of the molecule is CCOC(=O)[C@@](NC(=O)CC)(Nc1cccc(C)[nH+]1)C(F)(F)F.